The van der Waals surface area contributed by atoms with Crippen molar-refractivity contribution in [3.8, 4) is 0 Å². The van der Waals surface area contributed by atoms with Crippen molar-refractivity contribution in [1.29, 1.82) is 0 Å². The van der Waals surface area contributed by atoms with Crippen molar-refractivity contribution >= 4 is 5.82 Å². The molecule has 7 heteroatoms. The van der Waals surface area contributed by atoms with Crippen LogP contribution in [0, 0.1) is 6.92 Å². The zero-order chi connectivity index (χ0) is 13.9. The van der Waals surface area contributed by atoms with E-state index in [0.717, 1.165) is 30.4 Å². The molecule has 0 aliphatic carbocycles. The molecule has 1 fully saturated rings. The predicted octanol–water partition coefficient (Wildman–Crippen LogP) is 1.21. The second kappa shape index (κ2) is 5.54. The van der Waals surface area contributed by atoms with E-state index in [1.807, 2.05) is 6.92 Å². The summed E-state index contributed by atoms with van der Waals surface area (Å²) in [5.74, 6) is 2.98. The van der Waals surface area contributed by atoms with Crippen LogP contribution in [0.2, 0.25) is 0 Å². The number of nitrogens with one attached hydrogen (secondary N) is 1. The summed E-state index contributed by atoms with van der Waals surface area (Å²) in [6, 6.07) is 1.94. The van der Waals surface area contributed by atoms with E-state index in [4.69, 9.17) is 5.73 Å². The van der Waals surface area contributed by atoms with Crippen LogP contribution in [0.5, 0.6) is 0 Å². The highest BCUT2D eigenvalue weighted by Gasteiger charge is 2.27. The van der Waals surface area contributed by atoms with Crippen molar-refractivity contribution in [2.75, 3.05) is 12.3 Å². The van der Waals surface area contributed by atoms with E-state index in [-0.39, 0.29) is 6.04 Å². The lowest BCUT2D eigenvalue weighted by molar-refractivity contribution is 0.130. The number of nitrogens with two attached hydrogens (primary N) is 1. The van der Waals surface area contributed by atoms with Crippen molar-refractivity contribution < 1.29 is 0 Å². The summed E-state index contributed by atoms with van der Waals surface area (Å²) in [5.41, 5.74) is 5.71. The van der Waals surface area contributed by atoms with Crippen molar-refractivity contribution in [2.45, 2.75) is 38.8 Å². The van der Waals surface area contributed by atoms with Gasteiger partial charge in [0.05, 0.1) is 12.6 Å². The van der Waals surface area contributed by atoms with Gasteiger partial charge in [-0.2, -0.15) is 5.10 Å². The number of likely N-dealkylation sites (tertiary alicyclic amines) is 1. The van der Waals surface area contributed by atoms with Crippen LogP contribution in [-0.2, 0) is 6.54 Å². The van der Waals surface area contributed by atoms with Gasteiger partial charge < -0.3 is 5.73 Å². The van der Waals surface area contributed by atoms with Crippen LogP contribution >= 0.6 is 0 Å². The highest BCUT2D eigenvalue weighted by atomic mass is 15.3. The van der Waals surface area contributed by atoms with E-state index >= 15 is 0 Å². The minimum Gasteiger partial charge on any atom is -0.384 e. The van der Waals surface area contributed by atoms with Gasteiger partial charge in [-0.25, -0.2) is 15.0 Å². The molecule has 1 aliphatic heterocycles. The molecule has 1 atom stereocenters. The molecule has 0 radical (unpaired) electrons. The van der Waals surface area contributed by atoms with Crippen molar-refractivity contribution in [2.24, 2.45) is 0 Å². The fourth-order valence-corrected chi connectivity index (χ4v) is 2.65. The molecule has 20 heavy (non-hydrogen) atoms. The molecule has 106 valence electrons. The Hall–Kier alpha value is -2.02. The Bertz CT molecular complexity index is 580. The van der Waals surface area contributed by atoms with E-state index in [1.165, 1.54) is 12.8 Å². The third kappa shape index (κ3) is 2.77. The Morgan fingerprint density at radius 1 is 1.40 bits per heavy atom. The molecule has 0 aromatic carbocycles. The number of H-pyrrole nitrogens is 1. The van der Waals surface area contributed by atoms with Crippen LogP contribution in [0.15, 0.2) is 12.3 Å². The van der Waals surface area contributed by atoms with E-state index in [2.05, 4.69) is 30.0 Å². The molecule has 0 bridgehead atoms. The summed E-state index contributed by atoms with van der Waals surface area (Å²) < 4.78 is 0. The smallest absolute Gasteiger partial charge is 0.167 e. The molecule has 1 aliphatic rings. The lowest BCUT2D eigenvalue weighted by Gasteiger charge is -2.33. The van der Waals surface area contributed by atoms with Crippen molar-refractivity contribution in [3.63, 3.8) is 0 Å². The highest BCUT2D eigenvalue weighted by molar-refractivity contribution is 5.25. The average Bonchev–Trinajstić information content (AvgIpc) is 2.86. The van der Waals surface area contributed by atoms with Gasteiger partial charge in [-0.15, -0.1) is 0 Å². The summed E-state index contributed by atoms with van der Waals surface area (Å²) in [4.78, 5) is 15.4. The lowest BCUT2D eigenvalue weighted by Crippen LogP contribution is -2.34. The molecule has 7 nitrogen and oxygen atoms in total. The molecule has 2 aromatic rings. The fourth-order valence-electron chi connectivity index (χ4n) is 2.65. The first kappa shape index (κ1) is 13.0. The summed E-state index contributed by atoms with van der Waals surface area (Å²) in [5, 5.41) is 7.23. The van der Waals surface area contributed by atoms with E-state index in [1.54, 1.807) is 12.3 Å². The van der Waals surface area contributed by atoms with Gasteiger partial charge in [-0.3, -0.25) is 10.00 Å². The van der Waals surface area contributed by atoms with Crippen LogP contribution in [0.25, 0.3) is 0 Å². The third-order valence-electron chi connectivity index (χ3n) is 3.60. The predicted molar refractivity (Wildman–Crippen MR) is 74.6 cm³/mol. The van der Waals surface area contributed by atoms with Gasteiger partial charge in [-0.1, -0.05) is 6.42 Å². The molecular weight excluding hydrogens is 254 g/mol. The van der Waals surface area contributed by atoms with Gasteiger partial charge in [0.2, 0.25) is 0 Å². The van der Waals surface area contributed by atoms with Crippen LogP contribution in [0.4, 0.5) is 5.82 Å². The molecule has 0 unspecified atom stereocenters. The average molecular weight is 273 g/mol. The molecule has 0 saturated carbocycles. The Labute approximate surface area is 117 Å². The topological polar surface area (TPSA) is 96.6 Å². The Morgan fingerprint density at radius 3 is 3.05 bits per heavy atom. The van der Waals surface area contributed by atoms with Crippen LogP contribution < -0.4 is 5.73 Å². The number of nitrogens with zero attached hydrogens (tertiary/aromatic N) is 5. The summed E-state index contributed by atoms with van der Waals surface area (Å²) in [7, 11) is 0. The number of aromatic amines is 1. The second-order valence-electron chi connectivity index (χ2n) is 5.16. The monoisotopic (exact) mass is 273 g/mol. The maximum Gasteiger partial charge on any atom is 0.167 e. The molecule has 3 N–H and O–H groups in total. The van der Waals surface area contributed by atoms with Gasteiger partial charge in [0.1, 0.15) is 17.5 Å². The number of hydrogen-bond acceptors (Lipinski definition) is 6. The largest absolute Gasteiger partial charge is 0.384 e. The highest BCUT2D eigenvalue weighted by Crippen LogP contribution is 2.29. The van der Waals surface area contributed by atoms with E-state index in [0.29, 0.717) is 12.4 Å². The maximum atomic E-state index is 5.71. The summed E-state index contributed by atoms with van der Waals surface area (Å²) in [6.45, 7) is 3.62. The van der Waals surface area contributed by atoms with Gasteiger partial charge >= 0.3 is 0 Å². The van der Waals surface area contributed by atoms with Crippen molar-refractivity contribution in [1.82, 2.24) is 30.0 Å². The van der Waals surface area contributed by atoms with Gasteiger partial charge in [0, 0.05) is 6.20 Å². The molecular formula is C13H19N7. The normalized spacial score (nSPS) is 20.1. The summed E-state index contributed by atoms with van der Waals surface area (Å²) >= 11 is 0. The minimum atomic E-state index is 0.235. The molecule has 1 saturated heterocycles. The van der Waals surface area contributed by atoms with Crippen LogP contribution in [-0.4, -0.2) is 36.6 Å². The molecule has 0 spiro atoms. The Morgan fingerprint density at radius 2 is 2.30 bits per heavy atom. The summed E-state index contributed by atoms with van der Waals surface area (Å²) in [6.07, 6.45) is 5.15. The minimum absolute atomic E-state index is 0.235. The van der Waals surface area contributed by atoms with Gasteiger partial charge in [0.15, 0.2) is 5.82 Å². The first-order valence-corrected chi connectivity index (χ1v) is 6.93. The number of rotatable bonds is 3. The zero-order valence-corrected chi connectivity index (χ0v) is 11.6. The molecule has 0 amide bonds. The van der Waals surface area contributed by atoms with Crippen molar-refractivity contribution in [3.05, 3.63) is 29.7 Å². The maximum absolute atomic E-state index is 5.71. The molecule has 3 rings (SSSR count). The number of aryl methyl sites for hydroxylation is 1. The molecule has 3 heterocycles. The van der Waals surface area contributed by atoms with E-state index < -0.39 is 0 Å². The zero-order valence-electron chi connectivity index (χ0n) is 11.6. The standard InChI is InChI=1S/C13H19N7/c1-9-16-13(19-18-9)10-4-2-3-7-20(10)8-12-15-6-5-11(14)17-12/h5-6,10H,2-4,7-8H2,1H3,(H2,14,15,17)(H,16,18,19)/t10-/m1/s1. The fraction of sp³-hybridized carbons (Fsp3) is 0.538. The number of hydrogen-bond donors (Lipinski definition) is 2. The Kier molecular flexibility index (Phi) is 3.60. The van der Waals surface area contributed by atoms with Crippen LogP contribution in [0.1, 0.15) is 42.8 Å². The molecule has 2 aromatic heterocycles. The van der Waals surface area contributed by atoms with Gasteiger partial charge in [0.25, 0.3) is 0 Å². The number of anilines is 1. The SMILES string of the molecule is Cc1nc([C@H]2CCCCN2Cc2nccc(N)n2)n[nH]1. The first-order chi connectivity index (χ1) is 9.72. The van der Waals surface area contributed by atoms with E-state index in [9.17, 15) is 0 Å². The van der Waals surface area contributed by atoms with Gasteiger partial charge in [-0.05, 0) is 32.4 Å². The lowest BCUT2D eigenvalue weighted by atomic mass is 10.0. The Balaban J connectivity index is 1.79. The second-order valence-corrected chi connectivity index (χ2v) is 5.16. The number of piperidine rings is 1. The number of nitrogen functional groups attached to an aromatic ring is 1. The first-order valence-electron chi connectivity index (χ1n) is 6.93. The number of aromatic nitrogens is 5. The quantitative estimate of drug-likeness (QED) is 0.872. The third-order valence-corrected chi connectivity index (χ3v) is 3.60. The van der Waals surface area contributed by atoms with Crippen LogP contribution in [0.3, 0.4) is 0 Å².